The van der Waals surface area contributed by atoms with Crippen molar-refractivity contribution in [1.82, 2.24) is 0 Å². The van der Waals surface area contributed by atoms with E-state index >= 15 is 0 Å². The van der Waals surface area contributed by atoms with E-state index in [2.05, 4.69) is 36.4 Å². The number of halogens is 1. The first kappa shape index (κ1) is 17.3. The summed E-state index contributed by atoms with van der Waals surface area (Å²) in [6.07, 6.45) is 0. The SMILES string of the molecule is C[Si](C)(C)C#Cc1cccc(C(=O)CNc2ccc(Cl)cc2)c1. The summed E-state index contributed by atoms with van der Waals surface area (Å²) in [7, 11) is -1.42. The molecule has 2 aromatic rings. The maximum absolute atomic E-state index is 12.3. The minimum atomic E-state index is -1.42. The van der Waals surface area contributed by atoms with E-state index in [0.717, 1.165) is 11.3 Å². The summed E-state index contributed by atoms with van der Waals surface area (Å²) < 4.78 is 0. The number of carbonyl (C=O) groups excluding carboxylic acids is 1. The number of benzene rings is 2. The molecule has 2 nitrogen and oxygen atoms in total. The van der Waals surface area contributed by atoms with E-state index in [1.165, 1.54) is 0 Å². The van der Waals surface area contributed by atoms with E-state index in [0.29, 0.717) is 10.6 Å². The lowest BCUT2D eigenvalue weighted by atomic mass is 10.1. The summed E-state index contributed by atoms with van der Waals surface area (Å²) >= 11 is 5.84. The van der Waals surface area contributed by atoms with Gasteiger partial charge >= 0.3 is 0 Å². The number of ketones is 1. The predicted octanol–water partition coefficient (Wildman–Crippen LogP) is 4.86. The number of rotatable bonds is 4. The summed E-state index contributed by atoms with van der Waals surface area (Å²) in [6.45, 7) is 6.84. The van der Waals surface area contributed by atoms with Crippen LogP contribution >= 0.6 is 11.6 Å². The number of nitrogens with one attached hydrogen (secondary N) is 1. The van der Waals surface area contributed by atoms with Gasteiger partial charge in [0.25, 0.3) is 0 Å². The lowest BCUT2D eigenvalue weighted by Crippen LogP contribution is -2.16. The van der Waals surface area contributed by atoms with Crippen molar-refractivity contribution in [3.63, 3.8) is 0 Å². The molecule has 0 aliphatic carbocycles. The number of anilines is 1. The Balaban J connectivity index is 2.04. The quantitative estimate of drug-likeness (QED) is 0.488. The highest BCUT2D eigenvalue weighted by atomic mass is 35.5. The zero-order valence-electron chi connectivity index (χ0n) is 13.6. The number of hydrogen-bond donors (Lipinski definition) is 1. The van der Waals surface area contributed by atoms with Gasteiger partial charge < -0.3 is 5.32 Å². The summed E-state index contributed by atoms with van der Waals surface area (Å²) in [6, 6.07) is 14.8. The summed E-state index contributed by atoms with van der Waals surface area (Å²) in [5.74, 6) is 3.22. The molecule has 0 atom stereocenters. The molecule has 0 bridgehead atoms. The molecule has 0 aliphatic heterocycles. The Kier molecular flexibility index (Phi) is 5.65. The molecule has 0 saturated carbocycles. The van der Waals surface area contributed by atoms with E-state index in [4.69, 9.17) is 11.6 Å². The summed E-state index contributed by atoms with van der Waals surface area (Å²) in [5.41, 5.74) is 5.76. The van der Waals surface area contributed by atoms with Crippen LogP contribution in [0, 0.1) is 11.5 Å². The fourth-order valence-corrected chi connectivity index (χ4v) is 2.53. The first-order valence-electron chi connectivity index (χ1n) is 7.49. The van der Waals surface area contributed by atoms with Gasteiger partial charge in [-0.25, -0.2) is 0 Å². The Morgan fingerprint density at radius 2 is 1.83 bits per heavy atom. The minimum absolute atomic E-state index is 0.0385. The normalized spacial score (nSPS) is 10.6. The van der Waals surface area contributed by atoms with E-state index < -0.39 is 8.07 Å². The second-order valence-electron chi connectivity index (χ2n) is 6.36. The fraction of sp³-hybridized carbons (Fsp3) is 0.211. The highest BCUT2D eigenvalue weighted by molar-refractivity contribution is 6.83. The molecule has 0 saturated heterocycles. The van der Waals surface area contributed by atoms with Gasteiger partial charge in [-0.2, -0.15) is 0 Å². The highest BCUT2D eigenvalue weighted by Gasteiger charge is 2.08. The molecule has 0 aromatic heterocycles. The van der Waals surface area contributed by atoms with Crippen LogP contribution in [-0.4, -0.2) is 20.4 Å². The Labute approximate surface area is 143 Å². The monoisotopic (exact) mass is 341 g/mol. The van der Waals surface area contributed by atoms with Crippen LogP contribution in [0.2, 0.25) is 24.7 Å². The van der Waals surface area contributed by atoms with E-state index in [1.807, 2.05) is 36.4 Å². The first-order valence-corrected chi connectivity index (χ1v) is 11.4. The van der Waals surface area contributed by atoms with Crippen LogP contribution in [0.4, 0.5) is 5.69 Å². The van der Waals surface area contributed by atoms with Crippen molar-refractivity contribution in [2.75, 3.05) is 11.9 Å². The van der Waals surface area contributed by atoms with Crippen molar-refractivity contribution < 1.29 is 4.79 Å². The third-order valence-corrected chi connectivity index (χ3v) is 4.19. The standard InChI is InChI=1S/C19H20ClNOSi/c1-23(2,3)12-11-15-5-4-6-16(13-15)19(22)14-21-18-9-7-17(20)8-10-18/h4-10,13,21H,14H2,1-3H3. The lowest BCUT2D eigenvalue weighted by molar-refractivity contribution is 0.101. The van der Waals surface area contributed by atoms with Gasteiger partial charge in [0, 0.05) is 21.8 Å². The second kappa shape index (κ2) is 7.50. The van der Waals surface area contributed by atoms with Crippen LogP contribution in [0.25, 0.3) is 0 Å². The molecular weight excluding hydrogens is 322 g/mol. The van der Waals surface area contributed by atoms with Gasteiger partial charge in [-0.05, 0) is 36.4 Å². The van der Waals surface area contributed by atoms with Crippen LogP contribution in [0.1, 0.15) is 15.9 Å². The van der Waals surface area contributed by atoms with Gasteiger partial charge in [-0.3, -0.25) is 4.79 Å². The molecule has 0 radical (unpaired) electrons. The molecule has 0 heterocycles. The Hall–Kier alpha value is -2.02. The summed E-state index contributed by atoms with van der Waals surface area (Å²) in [5, 5.41) is 3.78. The second-order valence-corrected chi connectivity index (χ2v) is 11.6. The maximum atomic E-state index is 12.3. The molecule has 2 rings (SSSR count). The molecule has 23 heavy (non-hydrogen) atoms. The average molecular weight is 342 g/mol. The Bertz CT molecular complexity index is 751. The molecule has 0 spiro atoms. The number of carbonyl (C=O) groups is 1. The molecule has 0 aliphatic rings. The Morgan fingerprint density at radius 1 is 1.13 bits per heavy atom. The van der Waals surface area contributed by atoms with Gasteiger partial charge in [0.1, 0.15) is 8.07 Å². The molecule has 118 valence electrons. The van der Waals surface area contributed by atoms with E-state index in [1.54, 1.807) is 12.1 Å². The smallest absolute Gasteiger partial charge is 0.181 e. The molecular formula is C19H20ClNOSi. The van der Waals surface area contributed by atoms with Crippen LogP contribution in [0.15, 0.2) is 48.5 Å². The minimum Gasteiger partial charge on any atom is -0.378 e. The molecule has 4 heteroatoms. The zero-order valence-corrected chi connectivity index (χ0v) is 15.4. The molecule has 0 amide bonds. The first-order chi connectivity index (χ1) is 10.8. The average Bonchev–Trinajstić information content (AvgIpc) is 2.52. The van der Waals surface area contributed by atoms with Crippen molar-refractivity contribution in [1.29, 1.82) is 0 Å². The van der Waals surface area contributed by atoms with Crippen LogP contribution in [0.3, 0.4) is 0 Å². The molecule has 2 aromatic carbocycles. The van der Waals surface area contributed by atoms with Crippen LogP contribution < -0.4 is 5.32 Å². The van der Waals surface area contributed by atoms with Crippen molar-refractivity contribution in [3.05, 3.63) is 64.7 Å². The summed E-state index contributed by atoms with van der Waals surface area (Å²) in [4.78, 5) is 12.3. The van der Waals surface area contributed by atoms with Gasteiger partial charge in [0.2, 0.25) is 0 Å². The number of Topliss-reactive ketones (excluding diaryl/α,β-unsaturated/α-hetero) is 1. The van der Waals surface area contributed by atoms with Gasteiger partial charge in [0.15, 0.2) is 5.78 Å². The number of hydrogen-bond acceptors (Lipinski definition) is 2. The molecule has 0 fully saturated rings. The van der Waals surface area contributed by atoms with Gasteiger partial charge in [0.05, 0.1) is 6.54 Å². The van der Waals surface area contributed by atoms with Crippen LogP contribution in [0.5, 0.6) is 0 Å². The third kappa shape index (κ3) is 5.94. The van der Waals surface area contributed by atoms with Gasteiger partial charge in [-0.15, -0.1) is 5.54 Å². The maximum Gasteiger partial charge on any atom is 0.181 e. The van der Waals surface area contributed by atoms with Crippen molar-refractivity contribution in [3.8, 4) is 11.5 Å². The van der Waals surface area contributed by atoms with Gasteiger partial charge in [-0.1, -0.05) is 49.3 Å². The fourth-order valence-electron chi connectivity index (χ4n) is 1.88. The van der Waals surface area contributed by atoms with Crippen LogP contribution in [-0.2, 0) is 0 Å². The highest BCUT2D eigenvalue weighted by Crippen LogP contribution is 2.13. The molecule has 0 unspecified atom stereocenters. The van der Waals surface area contributed by atoms with Crippen molar-refractivity contribution in [2.24, 2.45) is 0 Å². The third-order valence-electron chi connectivity index (χ3n) is 3.06. The lowest BCUT2D eigenvalue weighted by Gasteiger charge is -2.07. The predicted molar refractivity (Wildman–Crippen MR) is 101 cm³/mol. The topological polar surface area (TPSA) is 29.1 Å². The van der Waals surface area contributed by atoms with Crippen molar-refractivity contribution in [2.45, 2.75) is 19.6 Å². The van der Waals surface area contributed by atoms with Crippen molar-refractivity contribution >= 4 is 31.1 Å². The van der Waals surface area contributed by atoms with E-state index in [-0.39, 0.29) is 12.3 Å². The zero-order chi connectivity index (χ0) is 16.9. The largest absolute Gasteiger partial charge is 0.378 e. The molecule has 1 N–H and O–H groups in total. The van der Waals surface area contributed by atoms with E-state index in [9.17, 15) is 4.79 Å². The Morgan fingerprint density at radius 3 is 2.48 bits per heavy atom.